The SMILES string of the molecule is CC.Cc1nn2c(NCc3cccc(-c4nccn4C)c3)cc(C(C)(C)O)nc2c1C. The van der Waals surface area contributed by atoms with Crippen LogP contribution in [0.2, 0.25) is 0 Å². The third-order valence-electron chi connectivity index (χ3n) is 5.16. The molecule has 0 bridgehead atoms. The lowest BCUT2D eigenvalue weighted by molar-refractivity contribution is 0.0740. The summed E-state index contributed by atoms with van der Waals surface area (Å²) in [5.74, 6) is 1.73. The van der Waals surface area contributed by atoms with Gasteiger partial charge in [-0.3, -0.25) is 0 Å². The molecule has 7 nitrogen and oxygen atoms in total. The van der Waals surface area contributed by atoms with Crippen LogP contribution in [0.3, 0.4) is 0 Å². The molecule has 2 N–H and O–H groups in total. The summed E-state index contributed by atoms with van der Waals surface area (Å²) in [6.07, 6.45) is 3.74. The molecule has 0 aliphatic carbocycles. The van der Waals surface area contributed by atoms with Gasteiger partial charge in [0, 0.05) is 43.2 Å². The minimum atomic E-state index is -1.04. The number of imidazole rings is 1. The van der Waals surface area contributed by atoms with Crippen molar-refractivity contribution in [2.24, 2.45) is 7.05 Å². The molecule has 7 heteroatoms. The average molecular weight is 421 g/mol. The predicted octanol–water partition coefficient (Wildman–Crippen LogP) is 4.61. The highest BCUT2D eigenvalue weighted by molar-refractivity contribution is 5.58. The summed E-state index contributed by atoms with van der Waals surface area (Å²) in [5, 5.41) is 18.6. The summed E-state index contributed by atoms with van der Waals surface area (Å²) in [4.78, 5) is 9.07. The zero-order valence-corrected chi connectivity index (χ0v) is 19.4. The predicted molar refractivity (Wildman–Crippen MR) is 125 cm³/mol. The Kier molecular flexibility index (Phi) is 6.45. The molecule has 3 heterocycles. The van der Waals surface area contributed by atoms with Gasteiger partial charge in [-0.2, -0.15) is 9.61 Å². The van der Waals surface area contributed by atoms with Gasteiger partial charge in [0.1, 0.15) is 17.2 Å². The van der Waals surface area contributed by atoms with Crippen molar-refractivity contribution in [2.45, 2.75) is 53.7 Å². The zero-order chi connectivity index (χ0) is 22.8. The molecule has 0 spiro atoms. The van der Waals surface area contributed by atoms with E-state index in [1.807, 2.05) is 62.2 Å². The molecule has 0 aliphatic rings. The normalized spacial score (nSPS) is 11.4. The molecule has 3 aromatic heterocycles. The smallest absolute Gasteiger partial charge is 0.160 e. The molecule has 0 atom stereocenters. The van der Waals surface area contributed by atoms with Crippen molar-refractivity contribution in [3.63, 3.8) is 0 Å². The van der Waals surface area contributed by atoms with Crippen molar-refractivity contribution < 1.29 is 5.11 Å². The molecule has 31 heavy (non-hydrogen) atoms. The Hall–Kier alpha value is -3.19. The van der Waals surface area contributed by atoms with E-state index in [9.17, 15) is 5.11 Å². The number of fused-ring (bicyclic) bond motifs is 1. The van der Waals surface area contributed by atoms with Crippen LogP contribution in [0.4, 0.5) is 5.82 Å². The highest BCUT2D eigenvalue weighted by Crippen LogP contribution is 2.25. The number of nitrogens with zero attached hydrogens (tertiary/aromatic N) is 5. The van der Waals surface area contributed by atoms with Gasteiger partial charge in [0.2, 0.25) is 0 Å². The van der Waals surface area contributed by atoms with Gasteiger partial charge in [-0.25, -0.2) is 9.97 Å². The molecule has 0 unspecified atom stereocenters. The Morgan fingerprint density at radius 2 is 1.87 bits per heavy atom. The summed E-state index contributed by atoms with van der Waals surface area (Å²) < 4.78 is 3.81. The molecule has 0 saturated carbocycles. The van der Waals surface area contributed by atoms with E-state index in [0.717, 1.165) is 39.7 Å². The van der Waals surface area contributed by atoms with E-state index < -0.39 is 5.60 Å². The number of rotatable bonds is 5. The van der Waals surface area contributed by atoms with E-state index in [4.69, 9.17) is 0 Å². The fourth-order valence-electron chi connectivity index (χ4n) is 3.33. The van der Waals surface area contributed by atoms with E-state index in [-0.39, 0.29) is 0 Å². The van der Waals surface area contributed by atoms with Crippen molar-refractivity contribution in [1.82, 2.24) is 24.1 Å². The third-order valence-corrected chi connectivity index (χ3v) is 5.16. The highest BCUT2D eigenvalue weighted by Gasteiger charge is 2.22. The van der Waals surface area contributed by atoms with Crippen LogP contribution in [0, 0.1) is 13.8 Å². The third kappa shape index (κ3) is 4.61. The number of anilines is 1. The molecule has 0 amide bonds. The van der Waals surface area contributed by atoms with Gasteiger partial charge in [0.05, 0.1) is 11.4 Å². The number of aryl methyl sites for hydroxylation is 3. The summed E-state index contributed by atoms with van der Waals surface area (Å²) in [6, 6.07) is 10.2. The van der Waals surface area contributed by atoms with Crippen molar-refractivity contribution in [3.8, 4) is 11.4 Å². The molecule has 164 valence electrons. The number of aliphatic hydroxyl groups is 1. The van der Waals surface area contributed by atoms with Gasteiger partial charge in [-0.15, -0.1) is 0 Å². The summed E-state index contributed by atoms with van der Waals surface area (Å²) in [5.41, 5.74) is 4.45. The fraction of sp³-hybridized carbons (Fsp3) is 0.375. The number of nitrogens with one attached hydrogen (secondary N) is 1. The van der Waals surface area contributed by atoms with Crippen LogP contribution in [-0.4, -0.2) is 29.3 Å². The van der Waals surface area contributed by atoms with Crippen molar-refractivity contribution in [3.05, 3.63) is 65.2 Å². The van der Waals surface area contributed by atoms with Gasteiger partial charge in [0.25, 0.3) is 0 Å². The Morgan fingerprint density at radius 1 is 1.13 bits per heavy atom. The highest BCUT2D eigenvalue weighted by atomic mass is 16.3. The second-order valence-corrected chi connectivity index (χ2v) is 7.95. The molecular weight excluding hydrogens is 388 g/mol. The molecular formula is C24H32N6O. The Bertz CT molecular complexity index is 1180. The van der Waals surface area contributed by atoms with Gasteiger partial charge in [-0.05, 0) is 39.3 Å². The van der Waals surface area contributed by atoms with Crippen LogP contribution in [0.15, 0.2) is 42.7 Å². The van der Waals surface area contributed by atoms with Crippen LogP contribution in [0.5, 0.6) is 0 Å². The molecule has 0 radical (unpaired) electrons. The summed E-state index contributed by atoms with van der Waals surface area (Å²) in [6.45, 7) is 12.1. The summed E-state index contributed by atoms with van der Waals surface area (Å²) in [7, 11) is 1.99. The minimum Gasteiger partial charge on any atom is -0.384 e. The maximum Gasteiger partial charge on any atom is 0.160 e. The summed E-state index contributed by atoms with van der Waals surface area (Å²) >= 11 is 0. The van der Waals surface area contributed by atoms with Crippen molar-refractivity contribution in [1.29, 1.82) is 0 Å². The van der Waals surface area contributed by atoms with Crippen molar-refractivity contribution in [2.75, 3.05) is 5.32 Å². The quantitative estimate of drug-likeness (QED) is 0.493. The fourth-order valence-corrected chi connectivity index (χ4v) is 3.33. The molecule has 4 aromatic rings. The lowest BCUT2D eigenvalue weighted by Crippen LogP contribution is -2.19. The minimum absolute atomic E-state index is 0.609. The van der Waals surface area contributed by atoms with Crippen LogP contribution in [-0.2, 0) is 19.2 Å². The van der Waals surface area contributed by atoms with Crippen molar-refractivity contribution >= 4 is 11.5 Å². The van der Waals surface area contributed by atoms with Crippen LogP contribution >= 0.6 is 0 Å². The van der Waals surface area contributed by atoms with E-state index >= 15 is 0 Å². The van der Waals surface area contributed by atoms with Gasteiger partial charge >= 0.3 is 0 Å². The number of aromatic nitrogens is 5. The topological polar surface area (TPSA) is 80.3 Å². The van der Waals surface area contributed by atoms with Gasteiger partial charge < -0.3 is 15.0 Å². The molecule has 0 fully saturated rings. The molecule has 0 saturated heterocycles. The van der Waals surface area contributed by atoms with E-state index in [2.05, 4.69) is 38.6 Å². The zero-order valence-electron chi connectivity index (χ0n) is 19.4. The van der Waals surface area contributed by atoms with Gasteiger partial charge in [0.15, 0.2) is 5.65 Å². The largest absolute Gasteiger partial charge is 0.384 e. The molecule has 0 aliphatic heterocycles. The maximum atomic E-state index is 10.5. The molecule has 1 aromatic carbocycles. The Balaban J connectivity index is 0.00000132. The Labute approximate surface area is 183 Å². The second kappa shape index (κ2) is 8.89. The average Bonchev–Trinajstić information content (AvgIpc) is 3.30. The maximum absolute atomic E-state index is 10.5. The van der Waals surface area contributed by atoms with Crippen LogP contribution in [0.25, 0.3) is 17.0 Å². The number of hydrogen-bond acceptors (Lipinski definition) is 5. The molecule has 4 rings (SSSR count). The van der Waals surface area contributed by atoms with Crippen LogP contribution < -0.4 is 5.32 Å². The number of hydrogen-bond donors (Lipinski definition) is 2. The lowest BCUT2D eigenvalue weighted by Gasteiger charge is -2.19. The second-order valence-electron chi connectivity index (χ2n) is 7.95. The number of benzene rings is 1. The monoisotopic (exact) mass is 420 g/mol. The van der Waals surface area contributed by atoms with Gasteiger partial charge in [-0.1, -0.05) is 32.0 Å². The standard InChI is InChI=1S/C22H26N6O.C2H6/c1-14-15(2)26-28-19(12-18(22(3,4)29)25-20(14)28)24-13-16-7-6-8-17(11-16)21-23-9-10-27(21)5;1-2/h6-12,24,29H,13H2,1-5H3;1-2H3. The first-order valence-corrected chi connectivity index (χ1v) is 10.6. The van der Waals surface area contributed by atoms with E-state index in [0.29, 0.717) is 12.2 Å². The lowest BCUT2D eigenvalue weighted by atomic mass is 10.1. The first-order chi connectivity index (χ1) is 14.7. The van der Waals surface area contributed by atoms with E-state index in [1.54, 1.807) is 20.0 Å². The Morgan fingerprint density at radius 3 is 2.52 bits per heavy atom. The van der Waals surface area contributed by atoms with E-state index in [1.165, 1.54) is 0 Å². The van der Waals surface area contributed by atoms with Crippen LogP contribution in [0.1, 0.15) is 50.2 Å². The first kappa shape index (κ1) is 22.5. The first-order valence-electron chi connectivity index (χ1n) is 10.6.